The number of aryl methyl sites for hydroxylation is 2. The third kappa shape index (κ3) is 2.80. The molecule has 0 fully saturated rings. The van der Waals surface area contributed by atoms with Crippen LogP contribution in [-0.2, 0) is 0 Å². The summed E-state index contributed by atoms with van der Waals surface area (Å²) >= 11 is 0. The summed E-state index contributed by atoms with van der Waals surface area (Å²) in [6.45, 7) is 7.44. The summed E-state index contributed by atoms with van der Waals surface area (Å²) in [4.78, 5) is 0. The lowest BCUT2D eigenvalue weighted by Gasteiger charge is -2.20. The van der Waals surface area contributed by atoms with Crippen molar-refractivity contribution in [3.8, 4) is 0 Å². The highest BCUT2D eigenvalue weighted by Gasteiger charge is 2.12. The normalized spacial score (nSPS) is 12.4. The van der Waals surface area contributed by atoms with Crippen LogP contribution in [0.1, 0.15) is 35.2 Å². The first-order valence-corrected chi connectivity index (χ1v) is 6.58. The molecular formula is C17H21N. The second kappa shape index (κ2) is 5.83. The Bertz CT molecular complexity index is 502. The molecule has 0 aliphatic rings. The van der Waals surface area contributed by atoms with Crippen LogP contribution in [-0.4, -0.2) is 6.54 Å². The van der Waals surface area contributed by atoms with Crippen LogP contribution in [0.3, 0.4) is 0 Å². The summed E-state index contributed by atoms with van der Waals surface area (Å²) in [5.41, 5.74) is 5.36. The Morgan fingerprint density at radius 1 is 0.889 bits per heavy atom. The summed E-state index contributed by atoms with van der Waals surface area (Å²) in [7, 11) is 0. The predicted octanol–water partition coefficient (Wildman–Crippen LogP) is 4.00. The molecule has 1 unspecified atom stereocenters. The van der Waals surface area contributed by atoms with Gasteiger partial charge < -0.3 is 5.32 Å². The van der Waals surface area contributed by atoms with E-state index >= 15 is 0 Å². The van der Waals surface area contributed by atoms with E-state index in [4.69, 9.17) is 0 Å². The molecule has 0 aromatic heterocycles. The minimum atomic E-state index is 0.288. The van der Waals surface area contributed by atoms with E-state index in [1.54, 1.807) is 0 Å². The molecule has 2 aromatic rings. The highest BCUT2D eigenvalue weighted by molar-refractivity contribution is 5.37. The molecule has 2 aromatic carbocycles. The summed E-state index contributed by atoms with van der Waals surface area (Å²) in [6, 6.07) is 17.6. The molecule has 0 radical (unpaired) electrons. The average Bonchev–Trinajstić information content (AvgIpc) is 2.40. The van der Waals surface area contributed by atoms with Crippen molar-refractivity contribution in [1.82, 2.24) is 5.32 Å². The van der Waals surface area contributed by atoms with Crippen LogP contribution in [0.25, 0.3) is 0 Å². The molecule has 18 heavy (non-hydrogen) atoms. The van der Waals surface area contributed by atoms with Gasteiger partial charge in [-0.05, 0) is 42.6 Å². The fraction of sp³-hybridized carbons (Fsp3) is 0.294. The van der Waals surface area contributed by atoms with Gasteiger partial charge in [0, 0.05) is 0 Å². The van der Waals surface area contributed by atoms with Gasteiger partial charge in [-0.3, -0.25) is 0 Å². The van der Waals surface area contributed by atoms with E-state index in [2.05, 4.69) is 74.6 Å². The van der Waals surface area contributed by atoms with Crippen molar-refractivity contribution in [2.45, 2.75) is 26.8 Å². The number of nitrogens with one attached hydrogen (secondary N) is 1. The Hall–Kier alpha value is -1.60. The van der Waals surface area contributed by atoms with Gasteiger partial charge in [-0.25, -0.2) is 0 Å². The lowest BCUT2D eigenvalue weighted by molar-refractivity contribution is 0.630. The van der Waals surface area contributed by atoms with E-state index < -0.39 is 0 Å². The van der Waals surface area contributed by atoms with E-state index in [1.807, 2.05) is 0 Å². The largest absolute Gasteiger partial charge is 0.307 e. The van der Waals surface area contributed by atoms with Crippen molar-refractivity contribution >= 4 is 0 Å². The van der Waals surface area contributed by atoms with Crippen LogP contribution in [0.5, 0.6) is 0 Å². The van der Waals surface area contributed by atoms with E-state index in [-0.39, 0.29) is 6.04 Å². The maximum Gasteiger partial charge on any atom is 0.0576 e. The molecular weight excluding hydrogens is 218 g/mol. The Morgan fingerprint density at radius 2 is 1.61 bits per heavy atom. The van der Waals surface area contributed by atoms with E-state index in [9.17, 15) is 0 Å². The SMILES string of the molecule is CCNC(c1ccccc1)c1ccc(C)c(C)c1. The summed E-state index contributed by atoms with van der Waals surface area (Å²) in [5, 5.41) is 3.56. The summed E-state index contributed by atoms with van der Waals surface area (Å²) in [6.07, 6.45) is 0. The molecule has 1 heteroatoms. The van der Waals surface area contributed by atoms with Crippen molar-refractivity contribution in [2.75, 3.05) is 6.54 Å². The molecule has 0 aliphatic carbocycles. The number of hydrogen-bond donors (Lipinski definition) is 1. The first kappa shape index (κ1) is 12.8. The quantitative estimate of drug-likeness (QED) is 0.850. The van der Waals surface area contributed by atoms with E-state index in [1.165, 1.54) is 22.3 Å². The van der Waals surface area contributed by atoms with Gasteiger partial charge in [-0.15, -0.1) is 0 Å². The lowest BCUT2D eigenvalue weighted by Crippen LogP contribution is -2.22. The highest BCUT2D eigenvalue weighted by atomic mass is 14.9. The maximum absolute atomic E-state index is 3.56. The Balaban J connectivity index is 2.38. The summed E-state index contributed by atoms with van der Waals surface area (Å²) in [5.74, 6) is 0. The zero-order chi connectivity index (χ0) is 13.0. The van der Waals surface area contributed by atoms with Crippen molar-refractivity contribution in [3.63, 3.8) is 0 Å². The standard InChI is InChI=1S/C17H21N/c1-4-18-17(15-8-6-5-7-9-15)16-11-10-13(2)14(3)12-16/h5-12,17-18H,4H2,1-3H3. The topological polar surface area (TPSA) is 12.0 Å². The molecule has 1 nitrogen and oxygen atoms in total. The van der Waals surface area contributed by atoms with Crippen LogP contribution in [0, 0.1) is 13.8 Å². The van der Waals surface area contributed by atoms with Crippen molar-refractivity contribution in [1.29, 1.82) is 0 Å². The highest BCUT2D eigenvalue weighted by Crippen LogP contribution is 2.23. The van der Waals surface area contributed by atoms with Crippen LogP contribution in [0.15, 0.2) is 48.5 Å². The zero-order valence-electron chi connectivity index (χ0n) is 11.4. The number of benzene rings is 2. The fourth-order valence-electron chi connectivity index (χ4n) is 2.22. The predicted molar refractivity (Wildman–Crippen MR) is 77.9 cm³/mol. The molecule has 1 atom stereocenters. The van der Waals surface area contributed by atoms with E-state index in [0.717, 1.165) is 6.54 Å². The molecule has 0 bridgehead atoms. The van der Waals surface area contributed by atoms with Gasteiger partial charge in [0.05, 0.1) is 6.04 Å². The molecule has 0 amide bonds. The Morgan fingerprint density at radius 3 is 2.22 bits per heavy atom. The molecule has 0 aliphatic heterocycles. The number of rotatable bonds is 4. The van der Waals surface area contributed by atoms with Gasteiger partial charge >= 0.3 is 0 Å². The van der Waals surface area contributed by atoms with Crippen LogP contribution < -0.4 is 5.32 Å². The van der Waals surface area contributed by atoms with Gasteiger partial charge in [0.25, 0.3) is 0 Å². The third-order valence-corrected chi connectivity index (χ3v) is 3.41. The zero-order valence-corrected chi connectivity index (χ0v) is 11.4. The first-order chi connectivity index (χ1) is 8.72. The van der Waals surface area contributed by atoms with Gasteiger partial charge in [0.1, 0.15) is 0 Å². The Kier molecular flexibility index (Phi) is 4.16. The second-order valence-electron chi connectivity index (χ2n) is 4.75. The third-order valence-electron chi connectivity index (χ3n) is 3.41. The summed E-state index contributed by atoms with van der Waals surface area (Å²) < 4.78 is 0. The minimum Gasteiger partial charge on any atom is -0.307 e. The van der Waals surface area contributed by atoms with Crippen LogP contribution in [0.4, 0.5) is 0 Å². The first-order valence-electron chi connectivity index (χ1n) is 6.58. The van der Waals surface area contributed by atoms with Gasteiger partial charge in [0.2, 0.25) is 0 Å². The lowest BCUT2D eigenvalue weighted by atomic mass is 9.95. The molecule has 0 spiro atoms. The van der Waals surface area contributed by atoms with Crippen LogP contribution in [0.2, 0.25) is 0 Å². The molecule has 0 saturated carbocycles. The van der Waals surface area contributed by atoms with Gasteiger partial charge in [0.15, 0.2) is 0 Å². The molecule has 0 heterocycles. The monoisotopic (exact) mass is 239 g/mol. The smallest absolute Gasteiger partial charge is 0.0576 e. The molecule has 0 saturated heterocycles. The van der Waals surface area contributed by atoms with Crippen molar-refractivity contribution in [2.24, 2.45) is 0 Å². The van der Waals surface area contributed by atoms with Crippen molar-refractivity contribution in [3.05, 3.63) is 70.8 Å². The van der Waals surface area contributed by atoms with Crippen molar-refractivity contribution < 1.29 is 0 Å². The van der Waals surface area contributed by atoms with E-state index in [0.29, 0.717) is 0 Å². The fourth-order valence-corrected chi connectivity index (χ4v) is 2.22. The van der Waals surface area contributed by atoms with Crippen LogP contribution >= 0.6 is 0 Å². The maximum atomic E-state index is 3.56. The number of hydrogen-bond acceptors (Lipinski definition) is 1. The molecule has 2 rings (SSSR count). The molecule has 94 valence electrons. The van der Waals surface area contributed by atoms with Gasteiger partial charge in [-0.2, -0.15) is 0 Å². The average molecular weight is 239 g/mol. The molecule has 1 N–H and O–H groups in total. The second-order valence-corrected chi connectivity index (χ2v) is 4.75. The van der Waals surface area contributed by atoms with Gasteiger partial charge in [-0.1, -0.05) is 55.5 Å². The minimum absolute atomic E-state index is 0.288. The Labute approximate surface area is 110 Å².